The van der Waals surface area contributed by atoms with E-state index in [4.69, 9.17) is 9.72 Å². The molecule has 2 aromatic heterocycles. The second-order valence-electron chi connectivity index (χ2n) is 6.25. The zero-order chi connectivity index (χ0) is 17.1. The Kier molecular flexibility index (Phi) is 4.43. The third kappa shape index (κ3) is 3.39. The van der Waals surface area contributed by atoms with Gasteiger partial charge in [0.15, 0.2) is 5.82 Å². The Morgan fingerprint density at radius 3 is 2.80 bits per heavy atom. The van der Waals surface area contributed by atoms with Gasteiger partial charge in [-0.25, -0.2) is 9.97 Å². The molecule has 3 heterocycles. The predicted octanol–water partition coefficient (Wildman–Crippen LogP) is 3.01. The van der Waals surface area contributed by atoms with E-state index < -0.39 is 0 Å². The number of hydrogen-bond donors (Lipinski definition) is 0. The number of benzene rings is 1. The van der Waals surface area contributed by atoms with Crippen LogP contribution in [0.2, 0.25) is 0 Å². The molecule has 1 saturated heterocycles. The van der Waals surface area contributed by atoms with Gasteiger partial charge in [0.25, 0.3) is 0 Å². The number of methoxy groups -OCH3 is 1. The summed E-state index contributed by atoms with van der Waals surface area (Å²) in [6, 6.07) is 8.58. The molecule has 128 valence electrons. The lowest BCUT2D eigenvalue weighted by Crippen LogP contribution is -2.23. The zero-order valence-electron chi connectivity index (χ0n) is 14.2. The summed E-state index contributed by atoms with van der Waals surface area (Å²) in [4.78, 5) is 15.8. The van der Waals surface area contributed by atoms with Crippen LogP contribution in [0, 0.1) is 0 Å². The van der Waals surface area contributed by atoms with Crippen LogP contribution in [-0.2, 0) is 6.54 Å². The summed E-state index contributed by atoms with van der Waals surface area (Å²) in [5.41, 5.74) is 2.31. The van der Waals surface area contributed by atoms with Gasteiger partial charge in [0, 0.05) is 18.9 Å². The smallest absolute Gasteiger partial charge is 0.156 e. The third-order valence-electron chi connectivity index (χ3n) is 4.66. The van der Waals surface area contributed by atoms with E-state index in [1.165, 1.54) is 12.0 Å². The van der Waals surface area contributed by atoms with Crippen molar-refractivity contribution >= 4 is 0 Å². The van der Waals surface area contributed by atoms with Crippen molar-refractivity contribution in [1.82, 2.24) is 24.4 Å². The van der Waals surface area contributed by atoms with Gasteiger partial charge < -0.3 is 4.74 Å². The first kappa shape index (κ1) is 15.8. The Bertz CT molecular complexity index is 816. The van der Waals surface area contributed by atoms with Crippen LogP contribution in [-0.4, -0.2) is 38.1 Å². The molecule has 1 aliphatic heterocycles. The maximum absolute atomic E-state index is 5.24. The maximum Gasteiger partial charge on any atom is 0.156 e. The van der Waals surface area contributed by atoms with Gasteiger partial charge in [-0.1, -0.05) is 12.1 Å². The van der Waals surface area contributed by atoms with E-state index in [2.05, 4.69) is 27.0 Å². The Morgan fingerprint density at radius 1 is 1.16 bits per heavy atom. The minimum atomic E-state index is 0.304. The van der Waals surface area contributed by atoms with Gasteiger partial charge in [0.2, 0.25) is 0 Å². The minimum Gasteiger partial charge on any atom is -0.497 e. The number of rotatable bonds is 5. The van der Waals surface area contributed by atoms with E-state index in [9.17, 15) is 0 Å². The molecule has 1 aliphatic rings. The molecular weight excluding hydrogens is 314 g/mol. The summed E-state index contributed by atoms with van der Waals surface area (Å²) in [7, 11) is 1.69. The van der Waals surface area contributed by atoms with E-state index in [-0.39, 0.29) is 0 Å². The second-order valence-corrected chi connectivity index (χ2v) is 6.25. The maximum atomic E-state index is 5.24. The third-order valence-corrected chi connectivity index (χ3v) is 4.66. The van der Waals surface area contributed by atoms with Crippen LogP contribution in [0.25, 0.3) is 5.82 Å². The van der Waals surface area contributed by atoms with E-state index in [0.29, 0.717) is 6.04 Å². The molecule has 0 unspecified atom stereocenters. The Morgan fingerprint density at radius 2 is 2.04 bits per heavy atom. The first-order valence-electron chi connectivity index (χ1n) is 8.51. The average Bonchev–Trinajstić information content (AvgIpc) is 3.35. The highest BCUT2D eigenvalue weighted by Crippen LogP contribution is 2.32. The fourth-order valence-corrected chi connectivity index (χ4v) is 3.37. The molecule has 0 amide bonds. The molecule has 0 spiro atoms. The molecule has 4 rings (SSSR count). The summed E-state index contributed by atoms with van der Waals surface area (Å²) in [5, 5.41) is 0. The summed E-state index contributed by atoms with van der Waals surface area (Å²) in [6.07, 6.45) is 11.3. The molecule has 0 aliphatic carbocycles. The molecule has 0 bridgehead atoms. The normalized spacial score (nSPS) is 17.7. The summed E-state index contributed by atoms with van der Waals surface area (Å²) in [5.74, 6) is 1.70. The Balaban J connectivity index is 1.54. The van der Waals surface area contributed by atoms with E-state index >= 15 is 0 Å². The summed E-state index contributed by atoms with van der Waals surface area (Å²) < 4.78 is 7.13. The number of nitrogens with zero attached hydrogens (tertiary/aromatic N) is 5. The van der Waals surface area contributed by atoms with Crippen molar-refractivity contribution in [1.29, 1.82) is 0 Å². The highest BCUT2D eigenvalue weighted by molar-refractivity contribution is 5.27. The monoisotopic (exact) mass is 335 g/mol. The number of hydrogen-bond acceptors (Lipinski definition) is 5. The first-order chi connectivity index (χ1) is 12.3. The molecule has 0 radical (unpaired) electrons. The quantitative estimate of drug-likeness (QED) is 0.717. The van der Waals surface area contributed by atoms with Gasteiger partial charge in [0.1, 0.15) is 12.1 Å². The van der Waals surface area contributed by atoms with Crippen molar-refractivity contribution in [2.24, 2.45) is 0 Å². The lowest BCUT2D eigenvalue weighted by Gasteiger charge is -2.24. The fourth-order valence-electron chi connectivity index (χ4n) is 3.37. The molecular formula is C19H21N5O. The van der Waals surface area contributed by atoms with Crippen molar-refractivity contribution in [3.8, 4) is 11.6 Å². The number of imidazole rings is 1. The van der Waals surface area contributed by atoms with Crippen LogP contribution in [0.3, 0.4) is 0 Å². The van der Waals surface area contributed by atoms with Crippen molar-refractivity contribution in [2.75, 3.05) is 13.7 Å². The van der Waals surface area contributed by atoms with Gasteiger partial charge in [-0.05, 0) is 37.1 Å². The summed E-state index contributed by atoms with van der Waals surface area (Å²) in [6.45, 7) is 1.99. The molecule has 1 fully saturated rings. The minimum absolute atomic E-state index is 0.304. The average molecular weight is 335 g/mol. The first-order valence-corrected chi connectivity index (χ1v) is 8.51. The van der Waals surface area contributed by atoms with Crippen LogP contribution < -0.4 is 4.74 Å². The number of likely N-dealkylation sites (tertiary alicyclic amines) is 1. The van der Waals surface area contributed by atoms with Gasteiger partial charge >= 0.3 is 0 Å². The van der Waals surface area contributed by atoms with E-state index in [1.54, 1.807) is 25.8 Å². The molecule has 6 heteroatoms. The zero-order valence-corrected chi connectivity index (χ0v) is 14.2. The molecule has 3 aromatic rings. The second kappa shape index (κ2) is 7.03. The van der Waals surface area contributed by atoms with Gasteiger partial charge in [-0.2, -0.15) is 0 Å². The van der Waals surface area contributed by atoms with Crippen LogP contribution in [0.1, 0.15) is 30.1 Å². The lowest BCUT2D eigenvalue weighted by molar-refractivity contribution is 0.244. The van der Waals surface area contributed by atoms with Crippen molar-refractivity contribution in [3.05, 3.63) is 66.6 Å². The predicted molar refractivity (Wildman–Crippen MR) is 94.5 cm³/mol. The van der Waals surface area contributed by atoms with E-state index in [1.807, 2.05) is 29.1 Å². The Hall–Kier alpha value is -2.73. The van der Waals surface area contributed by atoms with Gasteiger partial charge in [-0.15, -0.1) is 0 Å². The molecule has 1 atom stereocenters. The van der Waals surface area contributed by atoms with Crippen LogP contribution in [0.5, 0.6) is 5.75 Å². The molecule has 1 aromatic carbocycles. The lowest BCUT2D eigenvalue weighted by atomic mass is 10.1. The standard InChI is InChI=1S/C19H21N5O/c1-25-16-6-4-15(5-7-16)13-23-9-2-3-18(23)17-11-21-12-19(22-17)24-10-8-20-14-24/h4-8,10-12,14,18H,2-3,9,13H2,1H3/t18-/m1/s1. The topological polar surface area (TPSA) is 56.1 Å². The van der Waals surface area contributed by atoms with Crippen LogP contribution >= 0.6 is 0 Å². The SMILES string of the molecule is COc1ccc(CN2CCC[C@@H]2c2cncc(-n3ccnc3)n2)cc1. The molecule has 6 nitrogen and oxygen atoms in total. The highest BCUT2D eigenvalue weighted by atomic mass is 16.5. The van der Waals surface area contributed by atoms with Gasteiger partial charge in [0.05, 0.1) is 31.2 Å². The van der Waals surface area contributed by atoms with Crippen molar-refractivity contribution < 1.29 is 4.74 Å². The molecule has 25 heavy (non-hydrogen) atoms. The largest absolute Gasteiger partial charge is 0.497 e. The Labute approximate surface area is 147 Å². The number of ether oxygens (including phenoxy) is 1. The fraction of sp³-hybridized carbons (Fsp3) is 0.316. The molecule has 0 N–H and O–H groups in total. The van der Waals surface area contributed by atoms with Crippen molar-refractivity contribution in [2.45, 2.75) is 25.4 Å². The number of aromatic nitrogens is 4. The highest BCUT2D eigenvalue weighted by Gasteiger charge is 2.27. The summed E-state index contributed by atoms with van der Waals surface area (Å²) >= 11 is 0. The van der Waals surface area contributed by atoms with Crippen molar-refractivity contribution in [3.63, 3.8) is 0 Å². The molecule has 0 saturated carbocycles. The van der Waals surface area contributed by atoms with Gasteiger partial charge in [-0.3, -0.25) is 14.5 Å². The van der Waals surface area contributed by atoms with Crippen LogP contribution in [0.15, 0.2) is 55.4 Å². The van der Waals surface area contributed by atoms with Crippen LogP contribution in [0.4, 0.5) is 0 Å². The van der Waals surface area contributed by atoms with E-state index in [0.717, 1.165) is 36.8 Å².